The fourth-order valence-corrected chi connectivity index (χ4v) is 2.88. The van der Waals surface area contributed by atoms with Gasteiger partial charge in [0.05, 0.1) is 0 Å². The van der Waals surface area contributed by atoms with Crippen LogP contribution < -0.4 is 6.15 Å². The van der Waals surface area contributed by atoms with Crippen molar-refractivity contribution in [1.82, 2.24) is 6.15 Å². The Balaban J connectivity index is 0.00000144. The molecule has 5 heteroatoms. The zero-order chi connectivity index (χ0) is 11.8. The highest BCUT2D eigenvalue weighted by Gasteiger charge is 2.17. The molecule has 2 aromatic carbocycles. The number of rotatable bonds is 2. The molecule has 4 nitrogen and oxygen atoms in total. The van der Waals surface area contributed by atoms with E-state index in [-0.39, 0.29) is 11.0 Å². The van der Waals surface area contributed by atoms with Crippen LogP contribution in [0.3, 0.4) is 0 Å². The first-order valence-electron chi connectivity index (χ1n) is 5.02. The third-order valence-corrected chi connectivity index (χ3v) is 3.60. The van der Waals surface area contributed by atoms with Crippen molar-refractivity contribution in [2.45, 2.75) is 18.2 Å². The van der Waals surface area contributed by atoms with Gasteiger partial charge in [0.15, 0.2) is 0 Å². The van der Waals surface area contributed by atoms with E-state index in [2.05, 4.69) is 0 Å². The fourth-order valence-electron chi connectivity index (χ4n) is 1.87. The van der Waals surface area contributed by atoms with Gasteiger partial charge in [0.1, 0.15) is 4.90 Å². The second-order valence-corrected chi connectivity index (χ2v) is 4.96. The minimum atomic E-state index is -4.17. The standard InChI is InChI=1S/C12H12O3S.H3N/c1-2-9-7-8-10-5-3-4-6-11(10)12(9)16(13,14)15;/h3-8H,2H2,1H3,(H,13,14,15);1H3. The van der Waals surface area contributed by atoms with Crippen LogP contribution in [0.15, 0.2) is 41.3 Å². The maximum absolute atomic E-state index is 11.4. The van der Waals surface area contributed by atoms with E-state index in [4.69, 9.17) is 0 Å². The van der Waals surface area contributed by atoms with Crippen molar-refractivity contribution in [2.75, 3.05) is 0 Å². The van der Waals surface area contributed by atoms with Gasteiger partial charge in [-0.05, 0) is 17.4 Å². The molecular weight excluding hydrogens is 238 g/mol. The van der Waals surface area contributed by atoms with Gasteiger partial charge in [-0.2, -0.15) is 8.42 Å². The molecule has 92 valence electrons. The van der Waals surface area contributed by atoms with Gasteiger partial charge < -0.3 is 6.15 Å². The Labute approximate surface area is 101 Å². The predicted molar refractivity (Wildman–Crippen MR) is 68.2 cm³/mol. The van der Waals surface area contributed by atoms with Gasteiger partial charge in [-0.15, -0.1) is 0 Å². The van der Waals surface area contributed by atoms with E-state index < -0.39 is 10.1 Å². The van der Waals surface area contributed by atoms with E-state index in [9.17, 15) is 13.0 Å². The zero-order valence-corrected chi connectivity index (χ0v) is 10.4. The van der Waals surface area contributed by atoms with Crippen LogP contribution in [0.25, 0.3) is 10.8 Å². The van der Waals surface area contributed by atoms with Crippen LogP contribution in [0.5, 0.6) is 0 Å². The number of benzene rings is 2. The second kappa shape index (κ2) is 4.83. The summed E-state index contributed by atoms with van der Waals surface area (Å²) in [4.78, 5) is 0.0353. The van der Waals surface area contributed by atoms with Crippen LogP contribution >= 0.6 is 0 Å². The summed E-state index contributed by atoms with van der Waals surface area (Å²) >= 11 is 0. The third-order valence-electron chi connectivity index (χ3n) is 2.60. The first kappa shape index (κ1) is 13.6. The zero-order valence-electron chi connectivity index (χ0n) is 9.55. The van der Waals surface area contributed by atoms with Crippen molar-refractivity contribution in [3.63, 3.8) is 0 Å². The summed E-state index contributed by atoms with van der Waals surface area (Å²) in [7, 11) is -4.17. The van der Waals surface area contributed by atoms with Crippen LogP contribution in [-0.4, -0.2) is 13.0 Å². The highest BCUT2D eigenvalue weighted by Crippen LogP contribution is 2.26. The van der Waals surface area contributed by atoms with Gasteiger partial charge in [0, 0.05) is 5.39 Å². The summed E-state index contributed by atoms with van der Waals surface area (Å²) in [5, 5.41) is 1.39. The van der Waals surface area contributed by atoms with Gasteiger partial charge in [-0.25, -0.2) is 0 Å². The molecule has 0 fully saturated rings. The first-order chi connectivity index (χ1) is 7.54. The molecular formula is C12H15NO3S. The summed E-state index contributed by atoms with van der Waals surface area (Å²) < 4.78 is 32.0. The molecule has 0 bridgehead atoms. The van der Waals surface area contributed by atoms with Crippen LogP contribution in [0, 0.1) is 0 Å². The Morgan fingerprint density at radius 2 is 1.76 bits per heavy atom. The predicted octanol–water partition coefficient (Wildman–Crippen LogP) is 2.81. The van der Waals surface area contributed by atoms with Crippen LogP contribution in [0.4, 0.5) is 0 Å². The molecule has 0 radical (unpaired) electrons. The van der Waals surface area contributed by atoms with Crippen LogP contribution in [0.1, 0.15) is 12.5 Å². The van der Waals surface area contributed by atoms with Crippen molar-refractivity contribution in [3.05, 3.63) is 42.0 Å². The molecule has 17 heavy (non-hydrogen) atoms. The van der Waals surface area contributed by atoms with Gasteiger partial charge in [0.2, 0.25) is 0 Å². The molecule has 2 rings (SSSR count). The lowest BCUT2D eigenvalue weighted by molar-refractivity contribution is 0.483. The van der Waals surface area contributed by atoms with E-state index in [1.165, 1.54) is 0 Å². The highest BCUT2D eigenvalue weighted by atomic mass is 32.2. The Kier molecular flexibility index (Phi) is 3.87. The van der Waals surface area contributed by atoms with E-state index in [1.807, 2.05) is 25.1 Å². The van der Waals surface area contributed by atoms with Crippen molar-refractivity contribution >= 4 is 20.9 Å². The Bertz CT molecular complexity index is 635. The average molecular weight is 253 g/mol. The Morgan fingerprint density at radius 1 is 1.12 bits per heavy atom. The summed E-state index contributed by atoms with van der Waals surface area (Å²) in [6, 6.07) is 10.7. The molecule has 0 aliphatic carbocycles. The smallest absolute Gasteiger partial charge is 0.295 e. The summed E-state index contributed by atoms with van der Waals surface area (Å²) in [5.41, 5.74) is 0.640. The van der Waals surface area contributed by atoms with Gasteiger partial charge >= 0.3 is 0 Å². The molecule has 4 N–H and O–H groups in total. The molecule has 0 saturated heterocycles. The van der Waals surface area contributed by atoms with Gasteiger partial charge in [0.25, 0.3) is 10.1 Å². The molecule has 0 atom stereocenters. The largest absolute Gasteiger partial charge is 0.344 e. The maximum Gasteiger partial charge on any atom is 0.295 e. The van der Waals surface area contributed by atoms with Gasteiger partial charge in [-0.1, -0.05) is 43.3 Å². The second-order valence-electron chi connectivity index (χ2n) is 3.60. The molecule has 0 aliphatic heterocycles. The molecule has 0 heterocycles. The summed E-state index contributed by atoms with van der Waals surface area (Å²) in [6.45, 7) is 1.86. The minimum Gasteiger partial charge on any atom is -0.344 e. The van der Waals surface area contributed by atoms with Crippen molar-refractivity contribution in [3.8, 4) is 0 Å². The quantitative estimate of drug-likeness (QED) is 0.805. The summed E-state index contributed by atoms with van der Waals surface area (Å²) in [6.07, 6.45) is 0.569. The van der Waals surface area contributed by atoms with E-state index in [1.54, 1.807) is 18.2 Å². The number of hydrogen-bond acceptors (Lipinski definition) is 3. The van der Waals surface area contributed by atoms with E-state index in [0.717, 1.165) is 5.39 Å². The number of aryl methyl sites for hydroxylation is 1. The van der Waals surface area contributed by atoms with Crippen LogP contribution in [-0.2, 0) is 16.5 Å². The molecule has 0 amide bonds. The lowest BCUT2D eigenvalue weighted by Crippen LogP contribution is -2.03. The average Bonchev–Trinajstić information content (AvgIpc) is 2.26. The Hall–Kier alpha value is -1.43. The first-order valence-corrected chi connectivity index (χ1v) is 6.46. The molecule has 0 unspecified atom stereocenters. The molecule has 0 spiro atoms. The molecule has 2 aromatic rings. The monoisotopic (exact) mass is 253 g/mol. The SMILES string of the molecule is CCc1ccc2ccccc2c1S(=O)(=O)O.N. The van der Waals surface area contributed by atoms with E-state index >= 15 is 0 Å². The minimum absolute atomic E-state index is 0. The van der Waals surface area contributed by atoms with Crippen molar-refractivity contribution in [1.29, 1.82) is 0 Å². The van der Waals surface area contributed by atoms with E-state index in [0.29, 0.717) is 17.4 Å². The highest BCUT2D eigenvalue weighted by molar-refractivity contribution is 7.86. The molecule has 0 saturated carbocycles. The normalized spacial score (nSPS) is 11.2. The summed E-state index contributed by atoms with van der Waals surface area (Å²) in [5.74, 6) is 0. The van der Waals surface area contributed by atoms with Gasteiger partial charge in [-0.3, -0.25) is 4.55 Å². The lowest BCUT2D eigenvalue weighted by Gasteiger charge is -2.08. The topological polar surface area (TPSA) is 89.4 Å². The molecule has 0 aliphatic rings. The molecule has 0 aromatic heterocycles. The third kappa shape index (κ3) is 2.46. The number of hydrogen-bond donors (Lipinski definition) is 2. The lowest BCUT2D eigenvalue weighted by atomic mass is 10.1. The number of fused-ring (bicyclic) bond motifs is 1. The van der Waals surface area contributed by atoms with Crippen molar-refractivity contribution in [2.24, 2.45) is 0 Å². The van der Waals surface area contributed by atoms with Crippen molar-refractivity contribution < 1.29 is 13.0 Å². The fraction of sp³-hybridized carbons (Fsp3) is 0.167. The maximum atomic E-state index is 11.4. The van der Waals surface area contributed by atoms with Crippen LogP contribution in [0.2, 0.25) is 0 Å². The Morgan fingerprint density at radius 3 is 2.35 bits per heavy atom.